The molecule has 0 aliphatic carbocycles. The van der Waals surface area contributed by atoms with Crippen molar-refractivity contribution in [1.29, 1.82) is 0 Å². The zero-order chi connectivity index (χ0) is 8.10. The summed E-state index contributed by atoms with van der Waals surface area (Å²) in [5.41, 5.74) is 0. The van der Waals surface area contributed by atoms with Crippen LogP contribution in [0.2, 0.25) is 0 Å². The second-order valence-electron chi connectivity index (χ2n) is 1.55. The highest BCUT2D eigenvalue weighted by molar-refractivity contribution is 5.82. The lowest BCUT2D eigenvalue weighted by molar-refractivity contribution is -0.129. The Labute approximate surface area is 62.8 Å². The van der Waals surface area contributed by atoms with E-state index in [1.54, 1.807) is 0 Å². The van der Waals surface area contributed by atoms with E-state index < -0.39 is 5.97 Å². The zero-order valence-electron chi connectivity index (χ0n) is 5.60. The number of carbonyl (C=O) groups excluding carboxylic acids is 1. The molecule has 0 amide bonds. The molecule has 0 unspecified atom stereocenters. The van der Waals surface area contributed by atoms with Crippen LogP contribution >= 0.6 is 0 Å². The molecule has 0 aromatic carbocycles. The van der Waals surface area contributed by atoms with E-state index in [0.717, 1.165) is 6.08 Å². The molecule has 0 radical (unpaired) electrons. The molecule has 0 atom stereocenters. The van der Waals surface area contributed by atoms with E-state index in [9.17, 15) is 4.79 Å². The molecular formula is C6H5N3O2. The van der Waals surface area contributed by atoms with E-state index >= 15 is 0 Å². The molecule has 0 saturated heterocycles. The second kappa shape index (κ2) is 3.40. The first-order chi connectivity index (χ1) is 5.33. The molecule has 0 spiro atoms. The number of hydrogen-bond donors (Lipinski definition) is 0. The van der Waals surface area contributed by atoms with E-state index in [1.165, 1.54) is 12.7 Å². The zero-order valence-corrected chi connectivity index (χ0v) is 5.60. The minimum Gasteiger partial charge on any atom is -0.387 e. The summed E-state index contributed by atoms with van der Waals surface area (Å²) in [6.45, 7) is 3.21. The van der Waals surface area contributed by atoms with Crippen LogP contribution in [-0.4, -0.2) is 20.9 Å². The minimum atomic E-state index is -0.587. The Hall–Kier alpha value is -1.78. The Morgan fingerprint density at radius 3 is 2.73 bits per heavy atom. The molecule has 0 saturated carbocycles. The Kier molecular flexibility index (Phi) is 2.27. The first-order valence-electron chi connectivity index (χ1n) is 2.79. The van der Waals surface area contributed by atoms with Crippen molar-refractivity contribution in [1.82, 2.24) is 15.0 Å². The monoisotopic (exact) mass is 151 g/mol. The van der Waals surface area contributed by atoms with Gasteiger partial charge in [0, 0.05) is 6.08 Å². The summed E-state index contributed by atoms with van der Waals surface area (Å²) in [7, 11) is 0. The maximum absolute atomic E-state index is 10.5. The fourth-order valence-electron chi connectivity index (χ4n) is 0.413. The van der Waals surface area contributed by atoms with E-state index in [-0.39, 0.29) is 6.01 Å². The van der Waals surface area contributed by atoms with Gasteiger partial charge in [0.05, 0.1) is 0 Å². The summed E-state index contributed by atoms with van der Waals surface area (Å²) in [5.74, 6) is -0.587. The molecular weight excluding hydrogens is 146 g/mol. The quantitative estimate of drug-likeness (QED) is 0.438. The topological polar surface area (TPSA) is 65.0 Å². The fourth-order valence-corrected chi connectivity index (χ4v) is 0.413. The predicted molar refractivity (Wildman–Crippen MR) is 35.7 cm³/mol. The van der Waals surface area contributed by atoms with Crippen molar-refractivity contribution in [2.24, 2.45) is 0 Å². The summed E-state index contributed by atoms with van der Waals surface area (Å²) < 4.78 is 4.54. The third-order valence-electron chi connectivity index (χ3n) is 0.828. The standard InChI is InChI=1S/C6H5N3O2/c1-2-5(10)11-6-8-3-7-4-9-6/h2-4H,1H2. The van der Waals surface area contributed by atoms with Gasteiger partial charge in [0.1, 0.15) is 12.7 Å². The van der Waals surface area contributed by atoms with Crippen LogP contribution in [0.25, 0.3) is 0 Å². The third-order valence-corrected chi connectivity index (χ3v) is 0.828. The molecule has 11 heavy (non-hydrogen) atoms. The summed E-state index contributed by atoms with van der Waals surface area (Å²) in [6.07, 6.45) is 3.50. The lowest BCUT2D eigenvalue weighted by Crippen LogP contribution is -2.05. The summed E-state index contributed by atoms with van der Waals surface area (Å²) in [4.78, 5) is 21.2. The largest absolute Gasteiger partial charge is 0.387 e. The first-order valence-corrected chi connectivity index (χ1v) is 2.79. The van der Waals surface area contributed by atoms with Crippen LogP contribution < -0.4 is 4.74 Å². The maximum atomic E-state index is 10.5. The Morgan fingerprint density at radius 2 is 2.18 bits per heavy atom. The molecule has 1 aromatic rings. The first kappa shape index (κ1) is 7.33. The molecule has 1 aromatic heterocycles. The van der Waals surface area contributed by atoms with Crippen molar-refractivity contribution < 1.29 is 9.53 Å². The van der Waals surface area contributed by atoms with Crippen molar-refractivity contribution in [3.05, 3.63) is 25.3 Å². The Morgan fingerprint density at radius 1 is 1.55 bits per heavy atom. The van der Waals surface area contributed by atoms with Gasteiger partial charge in [0.25, 0.3) is 0 Å². The third kappa shape index (κ3) is 2.13. The van der Waals surface area contributed by atoms with Gasteiger partial charge in [-0.1, -0.05) is 6.58 Å². The molecule has 0 N–H and O–H groups in total. The summed E-state index contributed by atoms with van der Waals surface area (Å²) in [5, 5.41) is 0. The molecule has 5 nitrogen and oxygen atoms in total. The van der Waals surface area contributed by atoms with Crippen LogP contribution in [0, 0.1) is 0 Å². The van der Waals surface area contributed by atoms with Crippen LogP contribution in [-0.2, 0) is 4.79 Å². The summed E-state index contributed by atoms with van der Waals surface area (Å²) in [6, 6.07) is -0.0232. The second-order valence-corrected chi connectivity index (χ2v) is 1.55. The molecule has 1 heterocycles. The highest BCUT2D eigenvalue weighted by Gasteiger charge is 1.99. The van der Waals surface area contributed by atoms with E-state index in [4.69, 9.17) is 0 Å². The summed E-state index contributed by atoms with van der Waals surface area (Å²) >= 11 is 0. The van der Waals surface area contributed by atoms with Gasteiger partial charge >= 0.3 is 12.0 Å². The van der Waals surface area contributed by atoms with Crippen LogP contribution in [0.1, 0.15) is 0 Å². The molecule has 0 bridgehead atoms. The number of aromatic nitrogens is 3. The maximum Gasteiger partial charge on any atom is 0.337 e. The van der Waals surface area contributed by atoms with E-state index in [2.05, 4.69) is 26.3 Å². The molecule has 5 heteroatoms. The highest BCUT2D eigenvalue weighted by Crippen LogP contribution is 1.95. The van der Waals surface area contributed by atoms with Gasteiger partial charge < -0.3 is 4.74 Å². The lowest BCUT2D eigenvalue weighted by atomic mass is 10.7. The predicted octanol–water partition coefficient (Wildman–Crippen LogP) is -0.0370. The van der Waals surface area contributed by atoms with Gasteiger partial charge in [-0.3, -0.25) is 0 Å². The SMILES string of the molecule is C=CC(=O)Oc1ncncn1. The minimum absolute atomic E-state index is 0.0232. The molecule has 0 aliphatic rings. The van der Waals surface area contributed by atoms with E-state index in [0.29, 0.717) is 0 Å². The van der Waals surface area contributed by atoms with Crippen molar-refractivity contribution in [3.8, 4) is 6.01 Å². The molecule has 1 rings (SSSR count). The van der Waals surface area contributed by atoms with Crippen molar-refractivity contribution in [2.45, 2.75) is 0 Å². The Balaban J connectivity index is 2.65. The van der Waals surface area contributed by atoms with Crippen molar-refractivity contribution in [3.63, 3.8) is 0 Å². The van der Waals surface area contributed by atoms with Gasteiger partial charge in [0.2, 0.25) is 0 Å². The number of carbonyl (C=O) groups is 1. The number of nitrogens with zero attached hydrogens (tertiary/aromatic N) is 3. The van der Waals surface area contributed by atoms with Gasteiger partial charge in [-0.2, -0.15) is 9.97 Å². The van der Waals surface area contributed by atoms with Crippen LogP contribution in [0.5, 0.6) is 6.01 Å². The van der Waals surface area contributed by atoms with Gasteiger partial charge in [-0.15, -0.1) is 0 Å². The van der Waals surface area contributed by atoms with Crippen molar-refractivity contribution >= 4 is 5.97 Å². The number of hydrogen-bond acceptors (Lipinski definition) is 5. The molecule has 0 aliphatic heterocycles. The highest BCUT2D eigenvalue weighted by atomic mass is 16.5. The fraction of sp³-hybridized carbons (Fsp3) is 0. The van der Waals surface area contributed by atoms with Gasteiger partial charge in [-0.05, 0) is 0 Å². The smallest absolute Gasteiger partial charge is 0.337 e. The lowest BCUT2D eigenvalue weighted by Gasteiger charge is -1.94. The van der Waals surface area contributed by atoms with Crippen LogP contribution in [0.4, 0.5) is 0 Å². The normalized spacial score (nSPS) is 8.73. The molecule has 56 valence electrons. The molecule has 0 fully saturated rings. The average Bonchev–Trinajstić information content (AvgIpc) is 2.06. The number of rotatable bonds is 2. The average molecular weight is 151 g/mol. The number of esters is 1. The Bertz CT molecular complexity index is 260. The van der Waals surface area contributed by atoms with Gasteiger partial charge in [-0.25, -0.2) is 9.78 Å². The number of ether oxygens (including phenoxy) is 1. The van der Waals surface area contributed by atoms with Crippen LogP contribution in [0.3, 0.4) is 0 Å². The van der Waals surface area contributed by atoms with E-state index in [1.807, 2.05) is 0 Å². The van der Waals surface area contributed by atoms with Gasteiger partial charge in [0.15, 0.2) is 0 Å². The van der Waals surface area contributed by atoms with Crippen molar-refractivity contribution in [2.75, 3.05) is 0 Å². The van der Waals surface area contributed by atoms with Crippen LogP contribution in [0.15, 0.2) is 25.3 Å².